The van der Waals surface area contributed by atoms with Crippen LogP contribution >= 0.6 is 11.6 Å². The van der Waals surface area contributed by atoms with Crippen LogP contribution in [0.2, 0.25) is 5.02 Å². The van der Waals surface area contributed by atoms with E-state index in [1.807, 2.05) is 30.3 Å². The van der Waals surface area contributed by atoms with Crippen molar-refractivity contribution in [3.63, 3.8) is 0 Å². The summed E-state index contributed by atoms with van der Waals surface area (Å²) < 4.78 is 0. The smallest absolute Gasteiger partial charge is 0.269 e. The van der Waals surface area contributed by atoms with Crippen molar-refractivity contribution in [3.05, 3.63) is 58.9 Å². The van der Waals surface area contributed by atoms with Gasteiger partial charge in [-0.1, -0.05) is 37.6 Å². The van der Waals surface area contributed by atoms with Crippen molar-refractivity contribution in [2.24, 2.45) is 5.92 Å². The second-order valence-corrected chi connectivity index (χ2v) is 5.95. The van der Waals surface area contributed by atoms with Crippen LogP contribution in [0.4, 0.5) is 5.69 Å². The monoisotopic (exact) mass is 317 g/mol. The molecule has 2 aromatic rings. The fourth-order valence-electron chi connectivity index (χ4n) is 1.86. The molecule has 0 radical (unpaired) electrons. The molecule has 0 aliphatic carbocycles. The van der Waals surface area contributed by atoms with E-state index < -0.39 is 0 Å². The van der Waals surface area contributed by atoms with E-state index >= 15 is 0 Å². The number of hydrogen-bond acceptors (Lipinski definition) is 3. The first-order chi connectivity index (χ1) is 10.5. The number of benzene rings is 1. The predicted molar refractivity (Wildman–Crippen MR) is 90.2 cm³/mol. The Bertz CT molecular complexity index is 626. The van der Waals surface area contributed by atoms with Gasteiger partial charge >= 0.3 is 0 Å². The maximum absolute atomic E-state index is 12.0. The summed E-state index contributed by atoms with van der Waals surface area (Å²) >= 11 is 5.86. The summed E-state index contributed by atoms with van der Waals surface area (Å²) in [5.74, 6) is 0.263. The molecule has 0 atom stereocenters. The summed E-state index contributed by atoms with van der Waals surface area (Å²) in [6.07, 6.45) is 1.63. The molecule has 1 aromatic heterocycles. The lowest BCUT2D eigenvalue weighted by Gasteiger charge is -2.09. The van der Waals surface area contributed by atoms with Crippen molar-refractivity contribution in [1.82, 2.24) is 10.3 Å². The summed E-state index contributed by atoms with van der Waals surface area (Å²) in [5.41, 5.74) is 2.40. The third-order valence-electron chi connectivity index (χ3n) is 3.07. The number of pyridine rings is 1. The van der Waals surface area contributed by atoms with E-state index in [4.69, 9.17) is 11.6 Å². The molecule has 0 aliphatic rings. The van der Waals surface area contributed by atoms with Gasteiger partial charge in [0.1, 0.15) is 5.69 Å². The molecule has 0 spiro atoms. The quantitative estimate of drug-likeness (QED) is 0.853. The first-order valence-corrected chi connectivity index (χ1v) is 7.65. The van der Waals surface area contributed by atoms with E-state index in [0.29, 0.717) is 24.7 Å². The summed E-state index contributed by atoms with van der Waals surface area (Å²) in [4.78, 5) is 16.1. The molecule has 0 unspecified atom stereocenters. The van der Waals surface area contributed by atoms with Gasteiger partial charge in [0.15, 0.2) is 0 Å². The lowest BCUT2D eigenvalue weighted by Crippen LogP contribution is -2.28. The molecule has 116 valence electrons. The van der Waals surface area contributed by atoms with Gasteiger partial charge in [-0.15, -0.1) is 0 Å². The second kappa shape index (κ2) is 7.80. The van der Waals surface area contributed by atoms with Gasteiger partial charge in [0.05, 0.1) is 0 Å². The van der Waals surface area contributed by atoms with Crippen molar-refractivity contribution in [2.45, 2.75) is 20.4 Å². The van der Waals surface area contributed by atoms with Crippen LogP contribution < -0.4 is 10.6 Å². The third kappa shape index (κ3) is 5.04. The SMILES string of the molecule is CC(C)CNC(=O)c1cc(NCc2ccc(Cl)cc2)ccn1. The predicted octanol–water partition coefficient (Wildman–Crippen LogP) is 3.73. The van der Waals surface area contributed by atoms with Crippen molar-refractivity contribution in [3.8, 4) is 0 Å². The Hall–Kier alpha value is -2.07. The lowest BCUT2D eigenvalue weighted by atomic mass is 10.2. The van der Waals surface area contributed by atoms with Crippen molar-refractivity contribution >= 4 is 23.2 Å². The van der Waals surface area contributed by atoms with Crippen LogP contribution in [0.25, 0.3) is 0 Å². The fourth-order valence-corrected chi connectivity index (χ4v) is 1.98. The third-order valence-corrected chi connectivity index (χ3v) is 3.33. The normalized spacial score (nSPS) is 10.5. The number of amides is 1. The minimum atomic E-state index is -0.149. The van der Waals surface area contributed by atoms with Crippen LogP contribution in [0.15, 0.2) is 42.6 Å². The van der Waals surface area contributed by atoms with Gasteiger partial charge in [-0.2, -0.15) is 0 Å². The van der Waals surface area contributed by atoms with E-state index in [0.717, 1.165) is 16.3 Å². The number of nitrogens with zero attached hydrogens (tertiary/aromatic N) is 1. The van der Waals surface area contributed by atoms with Gasteiger partial charge in [0, 0.05) is 30.0 Å². The average Bonchev–Trinajstić information content (AvgIpc) is 2.52. The molecule has 1 aromatic carbocycles. The highest BCUT2D eigenvalue weighted by atomic mass is 35.5. The highest BCUT2D eigenvalue weighted by Gasteiger charge is 2.08. The van der Waals surface area contributed by atoms with Gasteiger partial charge < -0.3 is 10.6 Å². The number of hydrogen-bond donors (Lipinski definition) is 2. The number of halogens is 1. The Labute approximate surface area is 135 Å². The first-order valence-electron chi connectivity index (χ1n) is 7.27. The molecule has 1 amide bonds. The molecule has 22 heavy (non-hydrogen) atoms. The Morgan fingerprint density at radius 3 is 2.64 bits per heavy atom. The fraction of sp³-hybridized carbons (Fsp3) is 0.294. The van der Waals surface area contributed by atoms with E-state index in [1.54, 1.807) is 12.3 Å². The van der Waals surface area contributed by atoms with E-state index in [1.165, 1.54) is 0 Å². The van der Waals surface area contributed by atoms with Crippen LogP contribution in [-0.2, 0) is 6.54 Å². The topological polar surface area (TPSA) is 54.0 Å². The molecule has 2 N–H and O–H groups in total. The van der Waals surface area contributed by atoms with Crippen LogP contribution in [0.1, 0.15) is 29.9 Å². The van der Waals surface area contributed by atoms with Crippen molar-refractivity contribution in [1.29, 1.82) is 0 Å². The molecule has 0 saturated heterocycles. The Morgan fingerprint density at radius 2 is 1.95 bits per heavy atom. The van der Waals surface area contributed by atoms with Crippen LogP contribution in [0.5, 0.6) is 0 Å². The Morgan fingerprint density at radius 1 is 1.23 bits per heavy atom. The number of nitrogens with one attached hydrogen (secondary N) is 2. The second-order valence-electron chi connectivity index (χ2n) is 5.51. The molecule has 0 bridgehead atoms. The lowest BCUT2D eigenvalue weighted by molar-refractivity contribution is 0.0944. The molecule has 5 heteroatoms. The minimum Gasteiger partial charge on any atom is -0.381 e. The number of carbonyl (C=O) groups is 1. The van der Waals surface area contributed by atoms with E-state index in [-0.39, 0.29) is 5.91 Å². The van der Waals surface area contributed by atoms with Gasteiger partial charge in [0.2, 0.25) is 0 Å². The van der Waals surface area contributed by atoms with E-state index in [9.17, 15) is 4.79 Å². The van der Waals surface area contributed by atoms with Gasteiger partial charge in [-0.25, -0.2) is 0 Å². The zero-order valence-corrected chi connectivity index (χ0v) is 13.5. The first kappa shape index (κ1) is 16.3. The average molecular weight is 318 g/mol. The van der Waals surface area contributed by atoms with Crippen molar-refractivity contribution in [2.75, 3.05) is 11.9 Å². The molecule has 2 rings (SSSR count). The molecule has 0 fully saturated rings. The highest BCUT2D eigenvalue weighted by molar-refractivity contribution is 6.30. The Kier molecular flexibility index (Phi) is 5.78. The molecular weight excluding hydrogens is 298 g/mol. The summed E-state index contributed by atoms with van der Waals surface area (Å²) in [7, 11) is 0. The van der Waals surface area contributed by atoms with Crippen LogP contribution in [0.3, 0.4) is 0 Å². The van der Waals surface area contributed by atoms with Crippen LogP contribution in [0, 0.1) is 5.92 Å². The summed E-state index contributed by atoms with van der Waals surface area (Å²) in [5, 5.41) is 6.86. The zero-order chi connectivity index (χ0) is 15.9. The molecule has 0 saturated carbocycles. The number of rotatable bonds is 6. The van der Waals surface area contributed by atoms with Gasteiger partial charge in [-0.3, -0.25) is 9.78 Å². The summed E-state index contributed by atoms with van der Waals surface area (Å²) in [6.45, 7) is 5.41. The van der Waals surface area contributed by atoms with Crippen molar-refractivity contribution < 1.29 is 4.79 Å². The minimum absolute atomic E-state index is 0.149. The maximum Gasteiger partial charge on any atom is 0.269 e. The van der Waals surface area contributed by atoms with Gasteiger partial charge in [0.25, 0.3) is 5.91 Å². The largest absolute Gasteiger partial charge is 0.381 e. The maximum atomic E-state index is 12.0. The van der Waals surface area contributed by atoms with Gasteiger partial charge in [-0.05, 0) is 35.7 Å². The number of anilines is 1. The standard InChI is InChI=1S/C17H20ClN3O/c1-12(2)10-21-17(22)16-9-15(7-8-19-16)20-11-13-3-5-14(18)6-4-13/h3-9,12H,10-11H2,1-2H3,(H,19,20)(H,21,22). The zero-order valence-electron chi connectivity index (χ0n) is 12.8. The summed E-state index contributed by atoms with van der Waals surface area (Å²) in [6, 6.07) is 11.2. The van der Waals surface area contributed by atoms with Crippen LogP contribution in [-0.4, -0.2) is 17.4 Å². The molecule has 1 heterocycles. The number of carbonyl (C=O) groups excluding carboxylic acids is 1. The Balaban J connectivity index is 1.96. The molecule has 4 nitrogen and oxygen atoms in total. The number of aromatic nitrogens is 1. The molecule has 0 aliphatic heterocycles. The molecular formula is C17H20ClN3O. The highest BCUT2D eigenvalue weighted by Crippen LogP contribution is 2.13. The van der Waals surface area contributed by atoms with E-state index in [2.05, 4.69) is 29.5 Å².